The molecule has 129 valence electrons. The molecule has 0 atom stereocenters. The molecule has 0 spiro atoms. The van der Waals surface area contributed by atoms with Crippen molar-refractivity contribution in [2.24, 2.45) is 0 Å². The fraction of sp³-hybridized carbons (Fsp3) is 0.941. The van der Waals surface area contributed by atoms with E-state index in [1.807, 2.05) is 0 Å². The van der Waals surface area contributed by atoms with Gasteiger partial charge < -0.3 is 10.2 Å². The standard InChI is InChI=1S/C17H35N3O.In.H2/c1-3-5-9-12-19-13-15-20(16-14-19)17(21)10-7-6-8-11-18-4-2;;/h18H,3-16H2,1-2H3;;1H. The molecule has 1 saturated heterocycles. The van der Waals surface area contributed by atoms with Crippen LogP contribution < -0.4 is 5.32 Å². The molecule has 1 aliphatic rings. The van der Waals surface area contributed by atoms with Crippen LogP contribution in [0.25, 0.3) is 0 Å². The van der Waals surface area contributed by atoms with Crippen LogP contribution in [0.15, 0.2) is 0 Å². The van der Waals surface area contributed by atoms with Gasteiger partial charge in [0.2, 0.25) is 5.91 Å². The van der Waals surface area contributed by atoms with Crippen molar-refractivity contribution in [2.75, 3.05) is 45.8 Å². The van der Waals surface area contributed by atoms with Gasteiger partial charge in [-0.15, -0.1) is 0 Å². The maximum Gasteiger partial charge on any atom is 0.222 e. The van der Waals surface area contributed by atoms with E-state index >= 15 is 0 Å². The van der Waals surface area contributed by atoms with Gasteiger partial charge in [-0.3, -0.25) is 9.69 Å². The van der Waals surface area contributed by atoms with E-state index in [9.17, 15) is 4.79 Å². The van der Waals surface area contributed by atoms with Gasteiger partial charge in [-0.2, -0.15) is 0 Å². The van der Waals surface area contributed by atoms with Gasteiger partial charge in [0.1, 0.15) is 0 Å². The molecule has 1 aliphatic heterocycles. The molecule has 4 nitrogen and oxygen atoms in total. The first-order valence-electron chi connectivity index (χ1n) is 8.98. The van der Waals surface area contributed by atoms with E-state index in [2.05, 4.69) is 29.0 Å². The number of nitrogens with one attached hydrogen (secondary N) is 1. The Hall–Kier alpha value is 0.260. The normalized spacial score (nSPS) is 15.6. The van der Waals surface area contributed by atoms with E-state index in [0.29, 0.717) is 5.91 Å². The second kappa shape index (κ2) is 14.8. The first kappa shape index (κ1) is 22.3. The summed E-state index contributed by atoms with van der Waals surface area (Å²) in [4.78, 5) is 16.7. The number of amides is 1. The molecule has 3 radical (unpaired) electrons. The minimum atomic E-state index is 0. The zero-order valence-electron chi connectivity index (χ0n) is 14.8. The molecular weight excluding hydrogens is 377 g/mol. The van der Waals surface area contributed by atoms with Gasteiger partial charge in [-0.1, -0.05) is 33.1 Å². The first-order chi connectivity index (χ1) is 10.3. The van der Waals surface area contributed by atoms with Crippen molar-refractivity contribution in [1.82, 2.24) is 15.1 Å². The summed E-state index contributed by atoms with van der Waals surface area (Å²) in [6, 6.07) is 0. The third-order valence-corrected chi connectivity index (χ3v) is 4.30. The quantitative estimate of drug-likeness (QED) is 0.528. The Kier molecular flexibility index (Phi) is 15.0. The zero-order chi connectivity index (χ0) is 15.3. The molecule has 1 fully saturated rings. The molecule has 0 unspecified atom stereocenters. The summed E-state index contributed by atoms with van der Waals surface area (Å²) in [7, 11) is 0. The van der Waals surface area contributed by atoms with E-state index in [0.717, 1.165) is 58.5 Å². The number of piperazine rings is 1. The maximum atomic E-state index is 12.1. The van der Waals surface area contributed by atoms with Crippen LogP contribution in [-0.2, 0) is 4.79 Å². The summed E-state index contributed by atoms with van der Waals surface area (Å²) in [5.74, 6) is 0.367. The molecule has 1 heterocycles. The first-order valence-corrected chi connectivity index (χ1v) is 8.98. The maximum absolute atomic E-state index is 12.1. The average molecular weight is 414 g/mol. The molecular formula is C17H37InN3O. The Morgan fingerprint density at radius 3 is 2.36 bits per heavy atom. The number of nitrogens with zero attached hydrogens (tertiary/aromatic N) is 2. The molecule has 0 aliphatic carbocycles. The van der Waals surface area contributed by atoms with Crippen molar-refractivity contribution in [3.8, 4) is 0 Å². The smallest absolute Gasteiger partial charge is 0.222 e. The minimum Gasteiger partial charge on any atom is -0.340 e. The van der Waals surface area contributed by atoms with Crippen molar-refractivity contribution in [3.63, 3.8) is 0 Å². The Morgan fingerprint density at radius 1 is 1.00 bits per heavy atom. The van der Waals surface area contributed by atoms with Crippen molar-refractivity contribution in [2.45, 2.75) is 58.8 Å². The monoisotopic (exact) mass is 414 g/mol. The zero-order valence-corrected chi connectivity index (χ0v) is 18.1. The topological polar surface area (TPSA) is 35.6 Å². The molecule has 1 rings (SSSR count). The van der Waals surface area contributed by atoms with Crippen LogP contribution in [0, 0.1) is 0 Å². The van der Waals surface area contributed by atoms with Gasteiger partial charge in [0.25, 0.3) is 0 Å². The van der Waals surface area contributed by atoms with Crippen molar-refractivity contribution < 1.29 is 6.22 Å². The fourth-order valence-corrected chi connectivity index (χ4v) is 2.84. The number of hydrogen-bond acceptors (Lipinski definition) is 3. The van der Waals surface area contributed by atoms with E-state index < -0.39 is 0 Å². The van der Waals surface area contributed by atoms with Crippen molar-refractivity contribution >= 4 is 31.8 Å². The summed E-state index contributed by atoms with van der Waals surface area (Å²) in [5.41, 5.74) is 0. The predicted octanol–water partition coefficient (Wildman–Crippen LogP) is 2.36. The number of unbranched alkanes of at least 4 members (excludes halogenated alkanes) is 4. The van der Waals surface area contributed by atoms with Gasteiger partial charge >= 0.3 is 0 Å². The van der Waals surface area contributed by atoms with Gasteiger partial charge in [0.15, 0.2) is 0 Å². The molecule has 0 aromatic carbocycles. The summed E-state index contributed by atoms with van der Waals surface area (Å²) in [6.07, 6.45) is 8.04. The summed E-state index contributed by atoms with van der Waals surface area (Å²) in [6.45, 7) is 11.7. The molecule has 0 saturated carbocycles. The third-order valence-electron chi connectivity index (χ3n) is 4.30. The SMILES string of the molecule is CCCCCN1CCN(C(=O)CCCCCNCC)CC1.[HH].[In]. The summed E-state index contributed by atoms with van der Waals surface area (Å²) >= 11 is 0. The van der Waals surface area contributed by atoms with Crippen LogP contribution in [0.4, 0.5) is 0 Å². The molecule has 0 bridgehead atoms. The van der Waals surface area contributed by atoms with Crippen molar-refractivity contribution in [3.05, 3.63) is 0 Å². The van der Waals surface area contributed by atoms with E-state index in [1.54, 1.807) is 0 Å². The van der Waals surface area contributed by atoms with Gasteiger partial charge in [-0.25, -0.2) is 0 Å². The molecule has 22 heavy (non-hydrogen) atoms. The Morgan fingerprint density at radius 2 is 1.73 bits per heavy atom. The Bertz CT molecular complexity index is 275. The van der Waals surface area contributed by atoms with Crippen molar-refractivity contribution in [1.29, 1.82) is 0 Å². The van der Waals surface area contributed by atoms with Crippen LogP contribution in [0.2, 0.25) is 0 Å². The van der Waals surface area contributed by atoms with Crippen LogP contribution in [0.1, 0.15) is 60.2 Å². The van der Waals surface area contributed by atoms with E-state index in [1.165, 1.54) is 32.2 Å². The Balaban J connectivity index is 0. The van der Waals surface area contributed by atoms with Crippen LogP contribution in [0.3, 0.4) is 0 Å². The van der Waals surface area contributed by atoms with Gasteiger partial charge in [0.05, 0.1) is 0 Å². The number of rotatable bonds is 11. The second-order valence-electron chi connectivity index (χ2n) is 6.09. The predicted molar refractivity (Wildman–Crippen MR) is 97.4 cm³/mol. The number of carbonyl (C=O) groups excluding carboxylic acids is 1. The van der Waals surface area contributed by atoms with E-state index in [4.69, 9.17) is 0 Å². The fourth-order valence-electron chi connectivity index (χ4n) is 2.84. The largest absolute Gasteiger partial charge is 0.340 e. The minimum absolute atomic E-state index is 0. The molecule has 1 amide bonds. The Labute approximate surface area is 157 Å². The second-order valence-corrected chi connectivity index (χ2v) is 6.09. The third kappa shape index (κ3) is 10.1. The average Bonchev–Trinajstić information content (AvgIpc) is 2.51. The van der Waals surface area contributed by atoms with Crippen LogP contribution in [0.5, 0.6) is 0 Å². The van der Waals surface area contributed by atoms with Crippen LogP contribution in [-0.4, -0.2) is 87.4 Å². The van der Waals surface area contributed by atoms with Gasteiger partial charge in [-0.05, 0) is 38.9 Å². The summed E-state index contributed by atoms with van der Waals surface area (Å²) < 4.78 is 0. The van der Waals surface area contributed by atoms with Crippen LogP contribution >= 0.6 is 0 Å². The van der Waals surface area contributed by atoms with E-state index in [-0.39, 0.29) is 27.3 Å². The molecule has 1 N–H and O–H groups in total. The number of carbonyl (C=O) groups is 1. The molecule has 0 aromatic heterocycles. The number of hydrogen-bond donors (Lipinski definition) is 1. The molecule has 0 aromatic rings. The van der Waals surface area contributed by atoms with Gasteiger partial charge in [0, 0.05) is 59.9 Å². The summed E-state index contributed by atoms with van der Waals surface area (Å²) in [5, 5.41) is 3.32. The molecule has 5 heteroatoms.